The van der Waals surface area contributed by atoms with Crippen molar-refractivity contribution in [2.75, 3.05) is 6.61 Å². The Balaban J connectivity index is 2.46. The summed E-state index contributed by atoms with van der Waals surface area (Å²) in [6.45, 7) is 2.31. The third-order valence-corrected chi connectivity index (χ3v) is 2.07. The highest BCUT2D eigenvalue weighted by molar-refractivity contribution is 5.88. The van der Waals surface area contributed by atoms with Crippen LogP contribution in [-0.2, 0) is 4.89 Å². The van der Waals surface area contributed by atoms with E-state index in [4.69, 9.17) is 9.78 Å². The Labute approximate surface area is 87.2 Å². The van der Waals surface area contributed by atoms with E-state index in [-0.39, 0.29) is 5.82 Å². The van der Waals surface area contributed by atoms with Crippen LogP contribution in [0.5, 0.6) is 5.75 Å². The van der Waals surface area contributed by atoms with E-state index >= 15 is 0 Å². The van der Waals surface area contributed by atoms with Gasteiger partial charge in [-0.3, -0.25) is 0 Å². The maximum Gasteiger partial charge on any atom is 0.173 e. The minimum atomic E-state index is -0.254. The van der Waals surface area contributed by atoms with Gasteiger partial charge in [0, 0.05) is 5.39 Å². The largest absolute Gasteiger partial charge is 0.337 e. The molecule has 2 nitrogen and oxygen atoms in total. The zero-order valence-corrected chi connectivity index (χ0v) is 8.37. The molecule has 2 aromatic carbocycles. The summed E-state index contributed by atoms with van der Waals surface area (Å²) in [5.41, 5.74) is 0. The summed E-state index contributed by atoms with van der Waals surface area (Å²) in [7, 11) is 0. The van der Waals surface area contributed by atoms with Crippen molar-refractivity contribution in [1.82, 2.24) is 0 Å². The van der Waals surface area contributed by atoms with E-state index in [2.05, 4.69) is 0 Å². The Hall–Kier alpha value is -1.61. The van der Waals surface area contributed by atoms with E-state index < -0.39 is 0 Å². The molecule has 0 spiro atoms. The first-order valence-electron chi connectivity index (χ1n) is 4.79. The van der Waals surface area contributed by atoms with Crippen molar-refractivity contribution in [2.45, 2.75) is 6.92 Å². The van der Waals surface area contributed by atoms with Crippen LogP contribution in [0.25, 0.3) is 10.8 Å². The van der Waals surface area contributed by atoms with Gasteiger partial charge in [0.2, 0.25) is 0 Å². The maximum atomic E-state index is 12.9. The summed E-state index contributed by atoms with van der Waals surface area (Å²) in [4.78, 5) is 9.95. The van der Waals surface area contributed by atoms with E-state index in [1.807, 2.05) is 13.0 Å². The molecule has 0 fully saturated rings. The van der Waals surface area contributed by atoms with Crippen LogP contribution in [-0.4, -0.2) is 6.61 Å². The van der Waals surface area contributed by atoms with Gasteiger partial charge in [0.05, 0.1) is 6.61 Å². The smallest absolute Gasteiger partial charge is 0.173 e. The predicted molar refractivity (Wildman–Crippen MR) is 56.2 cm³/mol. The van der Waals surface area contributed by atoms with Crippen LogP contribution in [0.15, 0.2) is 36.4 Å². The van der Waals surface area contributed by atoms with Crippen LogP contribution < -0.4 is 4.89 Å². The second kappa shape index (κ2) is 4.28. The first-order valence-corrected chi connectivity index (χ1v) is 4.79. The van der Waals surface area contributed by atoms with Gasteiger partial charge >= 0.3 is 0 Å². The molecular weight excluding hydrogens is 195 g/mol. The van der Waals surface area contributed by atoms with E-state index in [1.165, 1.54) is 12.1 Å². The molecule has 0 bridgehead atoms. The number of halogens is 1. The normalized spacial score (nSPS) is 10.5. The van der Waals surface area contributed by atoms with Crippen LogP contribution in [0.2, 0.25) is 0 Å². The fourth-order valence-corrected chi connectivity index (χ4v) is 1.42. The fraction of sp³-hybridized carbons (Fsp3) is 0.167. The van der Waals surface area contributed by atoms with Crippen molar-refractivity contribution in [1.29, 1.82) is 0 Å². The fourth-order valence-electron chi connectivity index (χ4n) is 1.42. The van der Waals surface area contributed by atoms with Gasteiger partial charge in [-0.1, -0.05) is 12.1 Å². The van der Waals surface area contributed by atoms with Crippen LogP contribution in [0.4, 0.5) is 4.39 Å². The summed E-state index contributed by atoms with van der Waals surface area (Å²) < 4.78 is 12.9. The molecule has 0 saturated carbocycles. The zero-order chi connectivity index (χ0) is 10.7. The molecule has 0 aliphatic carbocycles. The van der Waals surface area contributed by atoms with Gasteiger partial charge in [-0.25, -0.2) is 4.39 Å². The van der Waals surface area contributed by atoms with Crippen molar-refractivity contribution < 1.29 is 14.2 Å². The summed E-state index contributed by atoms with van der Waals surface area (Å²) in [5.74, 6) is 0.352. The van der Waals surface area contributed by atoms with E-state index in [1.54, 1.807) is 18.2 Å². The SMILES string of the molecule is CCOOc1cccc2cc(F)ccc12. The zero-order valence-electron chi connectivity index (χ0n) is 8.37. The lowest BCUT2D eigenvalue weighted by Crippen LogP contribution is -1.96. The molecule has 0 N–H and O–H groups in total. The Morgan fingerprint density at radius 3 is 2.87 bits per heavy atom. The van der Waals surface area contributed by atoms with Crippen LogP contribution in [0.3, 0.4) is 0 Å². The topological polar surface area (TPSA) is 18.5 Å². The molecule has 0 radical (unpaired) electrons. The highest BCUT2D eigenvalue weighted by Crippen LogP contribution is 2.26. The van der Waals surface area contributed by atoms with Crippen molar-refractivity contribution in [3.05, 3.63) is 42.2 Å². The van der Waals surface area contributed by atoms with Crippen LogP contribution in [0.1, 0.15) is 6.92 Å². The van der Waals surface area contributed by atoms with E-state index in [9.17, 15) is 4.39 Å². The second-order valence-electron chi connectivity index (χ2n) is 3.11. The highest BCUT2D eigenvalue weighted by atomic mass is 19.1. The number of benzene rings is 2. The molecule has 0 unspecified atom stereocenters. The predicted octanol–water partition coefficient (Wildman–Crippen LogP) is 3.31. The number of rotatable bonds is 3. The molecule has 3 heteroatoms. The third-order valence-electron chi connectivity index (χ3n) is 2.07. The second-order valence-corrected chi connectivity index (χ2v) is 3.11. The summed E-state index contributed by atoms with van der Waals surface area (Å²) >= 11 is 0. The maximum absolute atomic E-state index is 12.9. The lowest BCUT2D eigenvalue weighted by atomic mass is 10.1. The third kappa shape index (κ3) is 2.07. The van der Waals surface area contributed by atoms with Gasteiger partial charge in [0.1, 0.15) is 5.82 Å². The summed E-state index contributed by atoms with van der Waals surface area (Å²) in [5, 5.41) is 1.64. The van der Waals surface area contributed by atoms with Gasteiger partial charge < -0.3 is 4.89 Å². The molecule has 2 aromatic rings. The minimum absolute atomic E-state index is 0.254. The van der Waals surface area contributed by atoms with Crippen molar-refractivity contribution in [2.24, 2.45) is 0 Å². The first kappa shape index (κ1) is 9.93. The van der Waals surface area contributed by atoms with Gasteiger partial charge in [-0.05, 0) is 36.6 Å². The van der Waals surface area contributed by atoms with E-state index in [0.717, 1.165) is 10.8 Å². The monoisotopic (exact) mass is 206 g/mol. The minimum Gasteiger partial charge on any atom is -0.337 e. The number of fused-ring (bicyclic) bond motifs is 1. The van der Waals surface area contributed by atoms with Crippen LogP contribution in [0, 0.1) is 5.82 Å². The lowest BCUT2D eigenvalue weighted by molar-refractivity contribution is -0.200. The quantitative estimate of drug-likeness (QED) is 0.566. The van der Waals surface area contributed by atoms with Crippen LogP contribution >= 0.6 is 0 Å². The molecule has 0 amide bonds. The first-order chi connectivity index (χ1) is 7.31. The highest BCUT2D eigenvalue weighted by Gasteiger charge is 2.03. The Morgan fingerprint density at radius 2 is 2.07 bits per heavy atom. The van der Waals surface area contributed by atoms with Gasteiger partial charge in [0.15, 0.2) is 5.75 Å². The molecule has 2 rings (SSSR count). The molecule has 0 saturated heterocycles. The molecule has 15 heavy (non-hydrogen) atoms. The average molecular weight is 206 g/mol. The molecular formula is C12H11FO2. The average Bonchev–Trinajstić information content (AvgIpc) is 2.25. The lowest BCUT2D eigenvalue weighted by Gasteiger charge is -2.06. The van der Waals surface area contributed by atoms with Gasteiger partial charge in [0.25, 0.3) is 0 Å². The molecule has 0 heterocycles. The Morgan fingerprint density at radius 1 is 1.20 bits per heavy atom. The number of hydrogen-bond acceptors (Lipinski definition) is 2. The number of hydrogen-bond donors (Lipinski definition) is 0. The summed E-state index contributed by atoms with van der Waals surface area (Å²) in [6.07, 6.45) is 0. The molecule has 0 atom stereocenters. The molecule has 0 aliphatic rings. The van der Waals surface area contributed by atoms with Crippen molar-refractivity contribution in [3.63, 3.8) is 0 Å². The van der Waals surface area contributed by atoms with Crippen molar-refractivity contribution in [3.8, 4) is 5.75 Å². The van der Waals surface area contributed by atoms with Gasteiger partial charge in [-0.2, -0.15) is 4.89 Å². The molecule has 78 valence electrons. The molecule has 0 aromatic heterocycles. The van der Waals surface area contributed by atoms with E-state index in [0.29, 0.717) is 12.4 Å². The summed E-state index contributed by atoms with van der Waals surface area (Å²) in [6, 6.07) is 9.97. The standard InChI is InChI=1S/C12H11FO2/c1-2-14-15-12-5-3-4-9-8-10(13)6-7-11(9)12/h3-8H,2H2,1H3. The van der Waals surface area contributed by atoms with Gasteiger partial charge in [-0.15, -0.1) is 0 Å². The Bertz CT molecular complexity index is 468. The van der Waals surface area contributed by atoms with Crippen molar-refractivity contribution >= 4 is 10.8 Å². The Kier molecular flexibility index (Phi) is 2.83. The molecule has 0 aliphatic heterocycles.